The Labute approximate surface area is 255 Å². The molecule has 0 radical (unpaired) electrons. The summed E-state index contributed by atoms with van der Waals surface area (Å²) in [6.45, 7) is 9.19. The number of carbonyl (C=O) groups is 1. The number of rotatable bonds is 7. The Kier molecular flexibility index (Phi) is 7.92. The second-order valence-electron chi connectivity index (χ2n) is 12.0. The van der Waals surface area contributed by atoms with Gasteiger partial charge in [-0.2, -0.15) is 5.10 Å². The summed E-state index contributed by atoms with van der Waals surface area (Å²) in [7, 11) is 0. The van der Waals surface area contributed by atoms with E-state index in [1.165, 1.54) is 23.1 Å². The topological polar surface area (TPSA) is 81.7 Å². The minimum atomic E-state index is -1.05. The molecule has 2 heterocycles. The molecule has 1 aromatic heterocycles. The highest BCUT2D eigenvalue weighted by Gasteiger charge is 2.29. The summed E-state index contributed by atoms with van der Waals surface area (Å²) < 4.78 is 6.18. The van der Waals surface area contributed by atoms with Gasteiger partial charge in [-0.1, -0.05) is 60.8 Å². The van der Waals surface area contributed by atoms with E-state index < -0.39 is 5.97 Å². The number of carboxylic acid groups (broad SMARTS) is 1. The second-order valence-corrected chi connectivity index (χ2v) is 12.8. The normalized spacial score (nSPS) is 17.6. The number of piperazine rings is 1. The van der Waals surface area contributed by atoms with Crippen LogP contribution in [0, 0.1) is 5.41 Å². The van der Waals surface area contributed by atoms with Crippen molar-refractivity contribution in [3.05, 3.63) is 87.5 Å². The zero-order valence-electron chi connectivity index (χ0n) is 23.8. The van der Waals surface area contributed by atoms with E-state index in [0.717, 1.165) is 61.8 Å². The molecule has 0 amide bonds. The number of carboxylic acids is 1. The molecule has 1 fully saturated rings. The molecule has 7 nitrogen and oxygen atoms in total. The Balaban J connectivity index is 1.19. The molecule has 2 aliphatic rings. The van der Waals surface area contributed by atoms with Crippen molar-refractivity contribution in [1.82, 2.24) is 15.1 Å². The van der Waals surface area contributed by atoms with Crippen LogP contribution in [0.5, 0.6) is 11.5 Å². The maximum Gasteiger partial charge on any atom is 0.339 e. The average Bonchev–Trinajstić information content (AvgIpc) is 3.36. The number of H-pyrrole nitrogens is 1. The van der Waals surface area contributed by atoms with Gasteiger partial charge in [-0.05, 0) is 72.2 Å². The van der Waals surface area contributed by atoms with E-state index in [1.807, 2.05) is 36.4 Å². The molecule has 0 atom stereocenters. The smallest absolute Gasteiger partial charge is 0.339 e. The summed E-state index contributed by atoms with van der Waals surface area (Å²) in [6, 6.07) is 19.0. The quantitative estimate of drug-likeness (QED) is 0.221. The number of nitrogens with one attached hydrogen (secondary N) is 1. The summed E-state index contributed by atoms with van der Waals surface area (Å²) in [5, 5.41) is 18.4. The minimum Gasteiger partial charge on any atom is -0.478 e. The van der Waals surface area contributed by atoms with Crippen molar-refractivity contribution in [1.29, 1.82) is 0 Å². The molecule has 1 aliphatic carbocycles. The van der Waals surface area contributed by atoms with Crippen molar-refractivity contribution in [3.8, 4) is 11.5 Å². The fourth-order valence-corrected chi connectivity index (χ4v) is 6.44. The molecule has 1 saturated heterocycles. The van der Waals surface area contributed by atoms with Gasteiger partial charge in [0.25, 0.3) is 0 Å². The molecular formula is C33H34Cl2N4O3. The lowest BCUT2D eigenvalue weighted by Crippen LogP contribution is -2.47. The monoisotopic (exact) mass is 604 g/mol. The van der Waals surface area contributed by atoms with E-state index in [-0.39, 0.29) is 21.9 Å². The molecule has 2 N–H and O–H groups in total. The van der Waals surface area contributed by atoms with Crippen LogP contribution in [0.1, 0.15) is 49.0 Å². The van der Waals surface area contributed by atoms with Crippen molar-refractivity contribution in [2.75, 3.05) is 37.6 Å². The maximum absolute atomic E-state index is 12.0. The molecule has 3 aromatic carbocycles. The highest BCUT2D eigenvalue weighted by Crippen LogP contribution is 2.43. The first-order chi connectivity index (χ1) is 20.2. The van der Waals surface area contributed by atoms with Crippen molar-refractivity contribution >= 4 is 51.3 Å². The average molecular weight is 606 g/mol. The third kappa shape index (κ3) is 6.00. The zero-order chi connectivity index (χ0) is 29.4. The summed E-state index contributed by atoms with van der Waals surface area (Å²) in [4.78, 5) is 16.9. The third-order valence-corrected chi connectivity index (χ3v) is 8.98. The number of allylic oxidation sites excluding steroid dienone is 1. The van der Waals surface area contributed by atoms with Crippen LogP contribution >= 0.6 is 23.2 Å². The Morgan fingerprint density at radius 1 is 1.02 bits per heavy atom. The lowest BCUT2D eigenvalue weighted by Gasteiger charge is -2.39. The lowest BCUT2D eigenvalue weighted by molar-refractivity contribution is 0.0694. The molecule has 4 aromatic rings. The number of benzene rings is 3. The van der Waals surface area contributed by atoms with E-state index in [4.69, 9.17) is 27.9 Å². The molecule has 1 aliphatic heterocycles. The Bertz CT molecular complexity index is 1650. The van der Waals surface area contributed by atoms with Crippen LogP contribution < -0.4 is 9.64 Å². The number of halogens is 2. The fraction of sp³-hybridized carbons (Fsp3) is 0.333. The number of hydrogen-bond donors (Lipinski definition) is 2. The molecule has 0 unspecified atom stereocenters. The van der Waals surface area contributed by atoms with E-state index in [1.54, 1.807) is 12.1 Å². The van der Waals surface area contributed by atoms with Crippen LogP contribution in [0.15, 0.2) is 66.2 Å². The standard InChI is InChI=1S/C33H34Cl2N4O3/c1-33(2)13-12-22(26(19-33)21-6-8-23(34)9-7-21)20-38-14-16-39(17-15-38)24-10-11-25(32(40)41)29(18-24)42-28-5-3-4-27-30(28)31(35)37-36-27/h3-11,18H,12-17,19-20H2,1-2H3,(H,36,37)(H,40,41). The largest absolute Gasteiger partial charge is 0.478 e. The molecule has 9 heteroatoms. The molecular weight excluding hydrogens is 571 g/mol. The van der Waals surface area contributed by atoms with Crippen molar-refractivity contribution in [2.24, 2.45) is 5.41 Å². The maximum atomic E-state index is 12.0. The van der Waals surface area contributed by atoms with Crippen LogP contribution in [0.25, 0.3) is 16.5 Å². The number of fused-ring (bicyclic) bond motifs is 1. The van der Waals surface area contributed by atoms with Gasteiger partial charge in [0.2, 0.25) is 0 Å². The highest BCUT2D eigenvalue weighted by atomic mass is 35.5. The van der Waals surface area contributed by atoms with Crippen LogP contribution in [0.2, 0.25) is 10.2 Å². The fourth-order valence-electron chi connectivity index (χ4n) is 6.07. The lowest BCUT2D eigenvalue weighted by atomic mass is 9.72. The van der Waals surface area contributed by atoms with Gasteiger partial charge in [0.15, 0.2) is 5.15 Å². The van der Waals surface area contributed by atoms with Crippen LogP contribution in [0.4, 0.5) is 5.69 Å². The second kappa shape index (κ2) is 11.6. The predicted molar refractivity (Wildman–Crippen MR) is 169 cm³/mol. The number of nitrogens with zero attached hydrogens (tertiary/aromatic N) is 3. The Morgan fingerprint density at radius 2 is 1.79 bits per heavy atom. The third-order valence-electron chi connectivity index (χ3n) is 8.45. The van der Waals surface area contributed by atoms with Gasteiger partial charge in [0.1, 0.15) is 17.1 Å². The van der Waals surface area contributed by atoms with Crippen LogP contribution in [-0.2, 0) is 0 Å². The first-order valence-corrected chi connectivity index (χ1v) is 15.0. The van der Waals surface area contributed by atoms with Crippen molar-refractivity contribution in [2.45, 2.75) is 33.1 Å². The van der Waals surface area contributed by atoms with Gasteiger partial charge in [0.05, 0.1) is 10.9 Å². The SMILES string of the molecule is CC1(C)CCC(CN2CCN(c3ccc(C(=O)O)c(Oc4cccc5[nH]nc(Cl)c45)c3)CC2)=C(c2ccc(Cl)cc2)C1. The summed E-state index contributed by atoms with van der Waals surface area (Å²) in [5.41, 5.74) is 6.30. The van der Waals surface area contributed by atoms with Gasteiger partial charge < -0.3 is 14.7 Å². The number of aromatic amines is 1. The number of anilines is 1. The number of hydrogen-bond acceptors (Lipinski definition) is 5. The van der Waals surface area contributed by atoms with Gasteiger partial charge in [-0.3, -0.25) is 10.00 Å². The van der Waals surface area contributed by atoms with E-state index >= 15 is 0 Å². The number of aromatic carboxylic acids is 1. The van der Waals surface area contributed by atoms with E-state index in [9.17, 15) is 9.90 Å². The Hall–Kier alpha value is -3.52. The van der Waals surface area contributed by atoms with Gasteiger partial charge in [0, 0.05) is 49.5 Å². The molecule has 0 spiro atoms. The molecule has 42 heavy (non-hydrogen) atoms. The summed E-state index contributed by atoms with van der Waals surface area (Å²) in [5.74, 6) is -0.321. The molecule has 6 rings (SSSR count). The minimum absolute atomic E-state index is 0.0934. The van der Waals surface area contributed by atoms with Crippen molar-refractivity contribution < 1.29 is 14.6 Å². The molecule has 0 bridgehead atoms. The van der Waals surface area contributed by atoms with E-state index in [0.29, 0.717) is 11.1 Å². The summed E-state index contributed by atoms with van der Waals surface area (Å²) in [6.07, 6.45) is 3.37. The van der Waals surface area contributed by atoms with Crippen LogP contribution in [0.3, 0.4) is 0 Å². The molecule has 0 saturated carbocycles. The van der Waals surface area contributed by atoms with E-state index in [2.05, 4.69) is 46.0 Å². The first-order valence-electron chi connectivity index (χ1n) is 14.3. The zero-order valence-corrected chi connectivity index (χ0v) is 25.3. The number of aromatic nitrogens is 2. The van der Waals surface area contributed by atoms with Crippen LogP contribution in [-0.4, -0.2) is 58.9 Å². The van der Waals surface area contributed by atoms with Gasteiger partial charge in [-0.15, -0.1) is 0 Å². The van der Waals surface area contributed by atoms with Crippen molar-refractivity contribution in [3.63, 3.8) is 0 Å². The van der Waals surface area contributed by atoms with Gasteiger partial charge in [-0.25, -0.2) is 4.79 Å². The summed E-state index contributed by atoms with van der Waals surface area (Å²) >= 11 is 12.5. The molecule has 218 valence electrons. The first kappa shape index (κ1) is 28.6. The highest BCUT2D eigenvalue weighted by molar-refractivity contribution is 6.34. The Morgan fingerprint density at radius 3 is 2.52 bits per heavy atom. The van der Waals surface area contributed by atoms with Gasteiger partial charge >= 0.3 is 5.97 Å². The number of ether oxygens (including phenoxy) is 1. The predicted octanol–water partition coefficient (Wildman–Crippen LogP) is 8.15.